The molecule has 0 atom stereocenters. The lowest BCUT2D eigenvalue weighted by atomic mass is 10.1. The van der Waals surface area contributed by atoms with Gasteiger partial charge in [0.25, 0.3) is 5.56 Å². The zero-order chi connectivity index (χ0) is 18.9. The maximum atomic E-state index is 12.2. The average molecular weight is 385 g/mol. The largest absolute Gasteiger partial charge is 0.376 e. The van der Waals surface area contributed by atoms with Crippen molar-refractivity contribution in [3.05, 3.63) is 44.7 Å². The molecule has 0 bridgehead atoms. The van der Waals surface area contributed by atoms with E-state index in [1.807, 2.05) is 0 Å². The number of piperazine rings is 1. The van der Waals surface area contributed by atoms with E-state index in [1.54, 1.807) is 10.7 Å². The number of aryl methyl sites for hydroxylation is 2. The quantitative estimate of drug-likeness (QED) is 0.746. The van der Waals surface area contributed by atoms with Crippen molar-refractivity contribution in [2.75, 3.05) is 39.3 Å². The van der Waals surface area contributed by atoms with Gasteiger partial charge in [-0.2, -0.15) is 5.10 Å². The Hall–Kier alpha value is -2.03. The summed E-state index contributed by atoms with van der Waals surface area (Å²) < 4.78 is 12.7. The Morgan fingerprint density at radius 3 is 2.79 bits per heavy atom. The topological polar surface area (TPSA) is 76.6 Å². The smallest absolute Gasteiger partial charge is 0.267 e. The highest BCUT2D eigenvalue weighted by molar-refractivity contribution is 5.24. The van der Waals surface area contributed by atoms with Crippen LogP contribution in [0.15, 0.2) is 15.4 Å². The Morgan fingerprint density at radius 2 is 1.89 bits per heavy atom. The van der Waals surface area contributed by atoms with Crippen LogP contribution in [0.5, 0.6) is 0 Å². The lowest BCUT2D eigenvalue weighted by Gasteiger charge is -2.34. The van der Waals surface area contributed by atoms with Gasteiger partial charge >= 0.3 is 0 Å². The minimum atomic E-state index is 0.0392. The van der Waals surface area contributed by atoms with Crippen molar-refractivity contribution in [2.24, 2.45) is 0 Å². The number of rotatable bonds is 5. The second-order valence-electron chi connectivity index (χ2n) is 7.98. The van der Waals surface area contributed by atoms with Gasteiger partial charge in [-0.1, -0.05) is 5.16 Å². The van der Waals surface area contributed by atoms with Gasteiger partial charge in [0.15, 0.2) is 0 Å². The zero-order valence-electron chi connectivity index (χ0n) is 16.2. The van der Waals surface area contributed by atoms with Crippen LogP contribution in [0, 0.1) is 0 Å². The predicted molar refractivity (Wildman–Crippen MR) is 102 cm³/mol. The molecule has 2 aromatic heterocycles. The Balaban J connectivity index is 1.13. The van der Waals surface area contributed by atoms with E-state index in [1.165, 1.54) is 0 Å². The molecule has 1 fully saturated rings. The summed E-state index contributed by atoms with van der Waals surface area (Å²) in [5.74, 6) is 0.993. The second-order valence-corrected chi connectivity index (χ2v) is 7.98. The number of hydrogen-bond acceptors (Lipinski definition) is 7. The molecule has 1 saturated heterocycles. The first kappa shape index (κ1) is 18.0. The Labute approximate surface area is 164 Å². The van der Waals surface area contributed by atoms with Crippen LogP contribution in [0.25, 0.3) is 0 Å². The predicted octanol–water partition coefficient (Wildman–Crippen LogP) is 0.611. The first-order valence-electron chi connectivity index (χ1n) is 10.3. The summed E-state index contributed by atoms with van der Waals surface area (Å²) in [4.78, 5) is 17.1. The number of nitrogens with zero attached hydrogens (tertiary/aromatic N) is 5. The summed E-state index contributed by atoms with van der Waals surface area (Å²) in [7, 11) is 0. The molecule has 5 rings (SSSR count). The first-order chi connectivity index (χ1) is 13.8. The summed E-state index contributed by atoms with van der Waals surface area (Å²) in [6.45, 7) is 7.68. The molecule has 0 spiro atoms. The Kier molecular flexibility index (Phi) is 5.00. The van der Waals surface area contributed by atoms with Crippen molar-refractivity contribution in [3.63, 3.8) is 0 Å². The van der Waals surface area contributed by atoms with Crippen molar-refractivity contribution in [1.29, 1.82) is 0 Å². The number of ether oxygens (including phenoxy) is 1. The summed E-state index contributed by atoms with van der Waals surface area (Å²) in [6.07, 6.45) is 3.95. The molecule has 0 radical (unpaired) electrons. The third-order valence-electron chi connectivity index (χ3n) is 6.16. The molecule has 2 aromatic rings. The first-order valence-corrected chi connectivity index (χ1v) is 10.3. The van der Waals surface area contributed by atoms with Crippen molar-refractivity contribution in [1.82, 2.24) is 24.7 Å². The summed E-state index contributed by atoms with van der Waals surface area (Å²) in [5.41, 5.74) is 4.48. The lowest BCUT2D eigenvalue weighted by molar-refractivity contribution is 0.101. The van der Waals surface area contributed by atoms with Crippen LogP contribution in [0.4, 0.5) is 0 Å². The normalized spacial score (nSPS) is 20.3. The summed E-state index contributed by atoms with van der Waals surface area (Å²) in [6, 6.07) is 1.79. The van der Waals surface area contributed by atoms with Gasteiger partial charge in [-0.05, 0) is 24.8 Å². The van der Waals surface area contributed by atoms with Crippen LogP contribution in [0.1, 0.15) is 34.7 Å². The monoisotopic (exact) mass is 385 g/mol. The maximum absolute atomic E-state index is 12.2. The lowest BCUT2D eigenvalue weighted by Crippen LogP contribution is -2.47. The van der Waals surface area contributed by atoms with E-state index in [9.17, 15) is 4.79 Å². The third-order valence-corrected chi connectivity index (χ3v) is 6.16. The van der Waals surface area contributed by atoms with Gasteiger partial charge in [0.1, 0.15) is 11.5 Å². The molecule has 150 valence electrons. The van der Waals surface area contributed by atoms with Crippen LogP contribution in [-0.2, 0) is 43.7 Å². The van der Waals surface area contributed by atoms with Crippen molar-refractivity contribution < 1.29 is 9.26 Å². The third kappa shape index (κ3) is 3.64. The van der Waals surface area contributed by atoms with Crippen LogP contribution >= 0.6 is 0 Å². The molecule has 0 N–H and O–H groups in total. The van der Waals surface area contributed by atoms with E-state index in [2.05, 4.69) is 20.1 Å². The molecule has 0 unspecified atom stereocenters. The standard InChI is InChI=1S/C20H27N5O3/c26-20-12-15-2-1-3-17(15)21-25(20)10-9-23-5-7-24(8-6-23)13-18-16-14-27-11-4-19(16)28-22-18/h12H,1-11,13-14H2. The van der Waals surface area contributed by atoms with Gasteiger partial charge in [-0.3, -0.25) is 14.6 Å². The molecular formula is C20H27N5O3. The fourth-order valence-electron chi connectivity index (χ4n) is 4.42. The van der Waals surface area contributed by atoms with Crippen molar-refractivity contribution in [3.8, 4) is 0 Å². The SMILES string of the molecule is O=c1cc2c(nn1CCN1CCN(Cc3noc4c3COCC4)CC1)CCC2. The maximum Gasteiger partial charge on any atom is 0.267 e. The second kappa shape index (κ2) is 7.77. The van der Waals surface area contributed by atoms with Gasteiger partial charge in [0, 0.05) is 57.3 Å². The minimum absolute atomic E-state index is 0.0392. The molecule has 8 nitrogen and oxygen atoms in total. The van der Waals surface area contributed by atoms with Crippen LogP contribution < -0.4 is 5.56 Å². The molecule has 28 heavy (non-hydrogen) atoms. The minimum Gasteiger partial charge on any atom is -0.376 e. The van der Waals surface area contributed by atoms with Crippen molar-refractivity contribution in [2.45, 2.75) is 45.4 Å². The van der Waals surface area contributed by atoms with Crippen LogP contribution in [0.2, 0.25) is 0 Å². The molecule has 0 amide bonds. The zero-order valence-corrected chi connectivity index (χ0v) is 16.2. The van der Waals surface area contributed by atoms with E-state index in [0.717, 1.165) is 99.8 Å². The summed E-state index contributed by atoms with van der Waals surface area (Å²) in [5, 5.41) is 8.85. The number of aromatic nitrogens is 3. The Morgan fingerprint density at radius 1 is 1.04 bits per heavy atom. The van der Waals surface area contributed by atoms with Gasteiger partial charge < -0.3 is 9.26 Å². The highest BCUT2D eigenvalue weighted by atomic mass is 16.5. The molecule has 8 heteroatoms. The molecule has 0 aromatic carbocycles. The Bertz CT molecular complexity index is 898. The fourth-order valence-corrected chi connectivity index (χ4v) is 4.42. The molecular weight excluding hydrogens is 358 g/mol. The number of hydrogen-bond donors (Lipinski definition) is 0. The average Bonchev–Trinajstić information content (AvgIpc) is 3.34. The van der Waals surface area contributed by atoms with Gasteiger partial charge in [0.2, 0.25) is 0 Å². The molecule has 1 aliphatic carbocycles. The van der Waals surface area contributed by atoms with Gasteiger partial charge in [0.05, 0.1) is 25.5 Å². The van der Waals surface area contributed by atoms with E-state index in [-0.39, 0.29) is 5.56 Å². The van der Waals surface area contributed by atoms with Crippen LogP contribution in [0.3, 0.4) is 0 Å². The summed E-state index contributed by atoms with van der Waals surface area (Å²) >= 11 is 0. The fraction of sp³-hybridized carbons (Fsp3) is 0.650. The van der Waals surface area contributed by atoms with Gasteiger partial charge in [-0.15, -0.1) is 0 Å². The molecule has 0 saturated carbocycles. The molecule has 4 heterocycles. The van der Waals surface area contributed by atoms with E-state index < -0.39 is 0 Å². The highest BCUT2D eigenvalue weighted by Crippen LogP contribution is 2.22. The number of fused-ring (bicyclic) bond motifs is 2. The molecule has 3 aliphatic rings. The van der Waals surface area contributed by atoms with E-state index in [0.29, 0.717) is 13.2 Å². The molecule has 2 aliphatic heterocycles. The van der Waals surface area contributed by atoms with Crippen LogP contribution in [-0.4, -0.2) is 64.1 Å². The van der Waals surface area contributed by atoms with Crippen molar-refractivity contribution >= 4 is 0 Å². The highest BCUT2D eigenvalue weighted by Gasteiger charge is 2.24. The van der Waals surface area contributed by atoms with E-state index >= 15 is 0 Å². The van der Waals surface area contributed by atoms with Gasteiger partial charge in [-0.25, -0.2) is 4.68 Å². The van der Waals surface area contributed by atoms with E-state index in [4.69, 9.17) is 9.26 Å².